The SMILES string of the molecule is C[C@H]1[C@H]([Si](C)(C)O)[C@@H](CC(=O)N2Cc3ccccc3C[C@H]2CO)O[C@]12C(=O)N(Cc1ccc(N3CN(c4ccccc4)C4(CCNCC4)C3=O)cc1)c1ccc(Cl)cc12. The van der Waals surface area contributed by atoms with Gasteiger partial charge in [-0.15, -0.1) is 0 Å². The lowest BCUT2D eigenvalue weighted by Gasteiger charge is -2.39. The molecule has 4 aromatic carbocycles. The largest absolute Gasteiger partial charge is 0.432 e. The molecule has 2 spiro atoms. The molecule has 13 heteroatoms. The van der Waals surface area contributed by atoms with Crippen molar-refractivity contribution in [3.63, 3.8) is 0 Å². The number of halogens is 1. The van der Waals surface area contributed by atoms with Crippen molar-refractivity contribution >= 4 is 54.7 Å². The Morgan fingerprint density at radius 3 is 2.31 bits per heavy atom. The molecule has 3 N–H and O–H groups in total. The van der Waals surface area contributed by atoms with Gasteiger partial charge >= 0.3 is 0 Å². The van der Waals surface area contributed by atoms with Gasteiger partial charge in [0.2, 0.25) is 5.91 Å². The highest BCUT2D eigenvalue weighted by molar-refractivity contribution is 6.71. The predicted octanol–water partition coefficient (Wildman–Crippen LogP) is 5.95. The first-order valence-electron chi connectivity index (χ1n) is 20.8. The fourth-order valence-electron chi connectivity index (χ4n) is 10.9. The number of hydrogen-bond acceptors (Lipinski definition) is 8. The van der Waals surface area contributed by atoms with Crippen LogP contribution in [0, 0.1) is 5.92 Å². The minimum atomic E-state index is -3.06. The number of carbonyl (C=O) groups excluding carboxylic acids is 3. The molecule has 308 valence electrons. The average molecular weight is 834 g/mol. The molecular weight excluding hydrogens is 782 g/mol. The molecule has 4 aromatic rings. The summed E-state index contributed by atoms with van der Waals surface area (Å²) >= 11 is 6.66. The summed E-state index contributed by atoms with van der Waals surface area (Å²) in [5.41, 5.74) is 3.62. The van der Waals surface area contributed by atoms with Crippen molar-refractivity contribution in [1.82, 2.24) is 10.2 Å². The minimum absolute atomic E-state index is 0.0359. The monoisotopic (exact) mass is 833 g/mol. The van der Waals surface area contributed by atoms with E-state index in [4.69, 9.17) is 16.3 Å². The van der Waals surface area contributed by atoms with Gasteiger partial charge in [-0.05, 0) is 105 Å². The molecular formula is C46H52ClN5O6Si. The zero-order valence-corrected chi connectivity index (χ0v) is 35.6. The van der Waals surface area contributed by atoms with Gasteiger partial charge in [0.15, 0.2) is 13.9 Å². The lowest BCUT2D eigenvalue weighted by Crippen LogP contribution is -2.55. The molecule has 5 atom stereocenters. The van der Waals surface area contributed by atoms with Crippen LogP contribution in [0.4, 0.5) is 17.1 Å². The first-order chi connectivity index (χ1) is 28.4. The van der Waals surface area contributed by atoms with Crippen LogP contribution in [0.2, 0.25) is 23.7 Å². The van der Waals surface area contributed by atoms with E-state index >= 15 is 4.79 Å². The van der Waals surface area contributed by atoms with Gasteiger partial charge in [-0.1, -0.05) is 73.1 Å². The summed E-state index contributed by atoms with van der Waals surface area (Å²) in [6.07, 6.45) is 1.21. The number of carbonyl (C=O) groups is 3. The highest BCUT2D eigenvalue weighted by Gasteiger charge is 2.66. The Hall–Kier alpha value is -4.56. The van der Waals surface area contributed by atoms with E-state index in [0.717, 1.165) is 54.0 Å². The Balaban J connectivity index is 0.988. The van der Waals surface area contributed by atoms with E-state index in [2.05, 4.69) is 22.3 Å². The summed E-state index contributed by atoms with van der Waals surface area (Å²) < 4.78 is 6.98. The molecule has 9 rings (SSSR count). The maximum Gasteiger partial charge on any atom is 0.264 e. The second kappa shape index (κ2) is 15.2. The third-order valence-electron chi connectivity index (χ3n) is 13.7. The summed E-state index contributed by atoms with van der Waals surface area (Å²) in [4.78, 5) is 63.1. The lowest BCUT2D eigenvalue weighted by atomic mass is 9.82. The molecule has 5 aliphatic heterocycles. The predicted molar refractivity (Wildman–Crippen MR) is 231 cm³/mol. The topological polar surface area (TPSA) is 126 Å². The van der Waals surface area contributed by atoms with Crippen LogP contribution in [-0.4, -0.2) is 84.9 Å². The summed E-state index contributed by atoms with van der Waals surface area (Å²) in [5.74, 6) is -0.818. The van der Waals surface area contributed by atoms with Gasteiger partial charge in [-0.2, -0.15) is 0 Å². The first-order valence-corrected chi connectivity index (χ1v) is 24.2. The molecule has 3 saturated heterocycles. The molecule has 5 heterocycles. The molecule has 0 aliphatic carbocycles. The van der Waals surface area contributed by atoms with Gasteiger partial charge in [0, 0.05) is 40.0 Å². The van der Waals surface area contributed by atoms with Crippen molar-refractivity contribution in [2.24, 2.45) is 5.92 Å². The number of fused-ring (bicyclic) bond motifs is 3. The summed E-state index contributed by atoms with van der Waals surface area (Å²) in [6, 6.07) is 31.0. The van der Waals surface area contributed by atoms with Crippen molar-refractivity contribution < 1.29 is 29.0 Å². The molecule has 0 bridgehead atoms. The fourth-order valence-corrected chi connectivity index (χ4v) is 13.6. The number of benzene rings is 4. The van der Waals surface area contributed by atoms with Gasteiger partial charge in [0.1, 0.15) is 5.54 Å². The van der Waals surface area contributed by atoms with Crippen molar-refractivity contribution in [2.45, 2.75) is 87.6 Å². The second-order valence-electron chi connectivity index (χ2n) is 17.5. The highest BCUT2D eigenvalue weighted by atomic mass is 35.5. The van der Waals surface area contributed by atoms with Crippen molar-refractivity contribution in [2.75, 3.05) is 41.1 Å². The smallest absolute Gasteiger partial charge is 0.264 e. The third kappa shape index (κ3) is 6.59. The number of para-hydroxylation sites is 1. The van der Waals surface area contributed by atoms with Crippen LogP contribution in [0.15, 0.2) is 97.1 Å². The normalized spacial score (nSPS) is 26.3. The Morgan fingerprint density at radius 1 is 0.915 bits per heavy atom. The summed E-state index contributed by atoms with van der Waals surface area (Å²) in [7, 11) is -3.06. The van der Waals surface area contributed by atoms with Gasteiger partial charge in [-0.3, -0.25) is 19.3 Å². The zero-order valence-electron chi connectivity index (χ0n) is 33.8. The molecule has 59 heavy (non-hydrogen) atoms. The number of amides is 3. The first kappa shape index (κ1) is 39.9. The van der Waals surface area contributed by atoms with E-state index in [0.29, 0.717) is 35.9 Å². The molecule has 5 aliphatic rings. The Kier molecular flexibility index (Phi) is 10.2. The third-order valence-corrected chi connectivity index (χ3v) is 16.5. The van der Waals surface area contributed by atoms with Crippen molar-refractivity contribution in [1.29, 1.82) is 0 Å². The van der Waals surface area contributed by atoms with Crippen LogP contribution in [0.25, 0.3) is 0 Å². The van der Waals surface area contributed by atoms with E-state index < -0.39 is 37.0 Å². The second-order valence-corrected chi connectivity index (χ2v) is 21.9. The number of piperidine rings is 1. The van der Waals surface area contributed by atoms with Crippen LogP contribution < -0.4 is 20.0 Å². The molecule has 0 saturated carbocycles. The Labute approximate surface area is 351 Å². The van der Waals surface area contributed by atoms with E-state index in [1.54, 1.807) is 21.9 Å². The number of hydrogen-bond donors (Lipinski definition) is 3. The van der Waals surface area contributed by atoms with E-state index in [-0.39, 0.29) is 43.3 Å². The maximum atomic E-state index is 15.1. The number of aliphatic hydroxyl groups excluding tert-OH is 1. The highest BCUT2D eigenvalue weighted by Crippen LogP contribution is 2.60. The van der Waals surface area contributed by atoms with Gasteiger partial charge in [-0.25, -0.2) is 0 Å². The van der Waals surface area contributed by atoms with Crippen LogP contribution in [0.1, 0.15) is 48.4 Å². The summed E-state index contributed by atoms with van der Waals surface area (Å²) in [5, 5.41) is 14.2. The van der Waals surface area contributed by atoms with Gasteiger partial charge < -0.3 is 34.7 Å². The van der Waals surface area contributed by atoms with Crippen molar-refractivity contribution in [3.8, 4) is 0 Å². The maximum absolute atomic E-state index is 15.1. The molecule has 0 radical (unpaired) electrons. The lowest BCUT2D eigenvalue weighted by molar-refractivity contribution is -0.151. The summed E-state index contributed by atoms with van der Waals surface area (Å²) in [6.45, 7) is 8.07. The fraction of sp³-hybridized carbons (Fsp3) is 0.413. The molecule has 0 unspecified atom stereocenters. The minimum Gasteiger partial charge on any atom is -0.432 e. The number of nitrogens with zero attached hydrogens (tertiary/aromatic N) is 4. The van der Waals surface area contributed by atoms with Crippen LogP contribution in [0.3, 0.4) is 0 Å². The molecule has 0 aromatic heterocycles. The number of ether oxygens (including phenoxy) is 1. The molecule has 11 nitrogen and oxygen atoms in total. The van der Waals surface area contributed by atoms with E-state index in [1.807, 2.05) is 97.7 Å². The zero-order chi connectivity index (χ0) is 41.3. The van der Waals surface area contributed by atoms with Crippen LogP contribution in [0.5, 0.6) is 0 Å². The standard InChI is InChI=1S/C46H52ClN5O6Si/c1-30-42(59(2,3)57)40(25-41(54)49-27-33-10-8-7-9-32(33)23-37(49)28-53)58-46(30)38-24-34(47)15-18-39(38)50(44(46)56)26-31-13-16-35(17-14-31)51-29-52(36-11-5-4-6-12-36)45(43(51)55)19-21-48-22-20-45/h4-18,24,30,37,40,42,48,53,57H,19-23,25-29H2,1-3H3/t30-,37-,40+,42-,46+/m0/s1. The van der Waals surface area contributed by atoms with Crippen LogP contribution >= 0.6 is 11.6 Å². The Bertz CT molecular complexity index is 2270. The van der Waals surface area contributed by atoms with Crippen LogP contribution in [-0.2, 0) is 44.2 Å². The van der Waals surface area contributed by atoms with E-state index in [9.17, 15) is 19.5 Å². The molecule has 3 fully saturated rings. The molecule has 3 amide bonds. The Morgan fingerprint density at radius 2 is 1.61 bits per heavy atom. The number of rotatable bonds is 8. The van der Waals surface area contributed by atoms with Crippen molar-refractivity contribution in [3.05, 3.63) is 124 Å². The number of nitrogens with one attached hydrogen (secondary N) is 1. The quantitative estimate of drug-likeness (QED) is 0.186. The van der Waals surface area contributed by atoms with E-state index in [1.165, 1.54) is 0 Å². The van der Waals surface area contributed by atoms with Gasteiger partial charge in [0.25, 0.3) is 11.8 Å². The number of anilines is 3. The average Bonchev–Trinajstić information content (AvgIpc) is 3.78. The van der Waals surface area contributed by atoms with Gasteiger partial charge in [0.05, 0.1) is 44.1 Å². The number of aliphatic hydroxyl groups is 1.